The van der Waals surface area contributed by atoms with Gasteiger partial charge in [-0.15, -0.1) is 0 Å². The Labute approximate surface area is 112 Å². The van der Waals surface area contributed by atoms with Crippen molar-refractivity contribution in [2.75, 3.05) is 26.9 Å². The van der Waals surface area contributed by atoms with E-state index in [9.17, 15) is 0 Å². The maximum Gasteiger partial charge on any atom is 0.121 e. The molecule has 1 aliphatic heterocycles. The summed E-state index contributed by atoms with van der Waals surface area (Å²) < 4.78 is 10.8. The van der Waals surface area contributed by atoms with Gasteiger partial charge in [0.15, 0.2) is 0 Å². The molecule has 100 valence electrons. The van der Waals surface area contributed by atoms with Crippen LogP contribution in [0.1, 0.15) is 17.3 Å². The number of aryl methyl sites for hydroxylation is 1. The number of benzene rings is 1. The minimum absolute atomic E-state index is 0.243. The van der Waals surface area contributed by atoms with Crippen LogP contribution in [0.5, 0.6) is 5.75 Å². The van der Waals surface area contributed by atoms with Crippen molar-refractivity contribution in [1.82, 2.24) is 10.3 Å². The average molecular weight is 258 g/mol. The lowest BCUT2D eigenvalue weighted by Crippen LogP contribution is -2.35. The van der Waals surface area contributed by atoms with Crippen LogP contribution in [0.25, 0.3) is 10.9 Å². The highest BCUT2D eigenvalue weighted by Gasteiger charge is 2.18. The molecule has 19 heavy (non-hydrogen) atoms. The number of nitrogens with zero attached hydrogens (tertiary/aromatic N) is 1. The molecule has 0 saturated carbocycles. The molecule has 1 fully saturated rings. The van der Waals surface area contributed by atoms with Crippen molar-refractivity contribution in [3.8, 4) is 5.75 Å². The van der Waals surface area contributed by atoms with E-state index in [2.05, 4.69) is 16.4 Å². The molecular weight excluding hydrogens is 240 g/mol. The monoisotopic (exact) mass is 258 g/mol. The summed E-state index contributed by atoms with van der Waals surface area (Å²) in [6.45, 7) is 4.44. The molecule has 1 saturated heterocycles. The van der Waals surface area contributed by atoms with Gasteiger partial charge in [0.1, 0.15) is 5.75 Å². The van der Waals surface area contributed by atoms with Gasteiger partial charge in [-0.2, -0.15) is 0 Å². The molecule has 0 amide bonds. The molecule has 0 unspecified atom stereocenters. The molecule has 4 nitrogen and oxygen atoms in total. The van der Waals surface area contributed by atoms with Crippen molar-refractivity contribution in [3.63, 3.8) is 0 Å². The summed E-state index contributed by atoms with van der Waals surface area (Å²) in [6, 6.07) is 8.43. The van der Waals surface area contributed by atoms with Gasteiger partial charge in [0.05, 0.1) is 31.9 Å². The fraction of sp³-hybridized carbons (Fsp3) is 0.400. The average Bonchev–Trinajstić information content (AvgIpc) is 2.47. The molecule has 1 atom stereocenters. The van der Waals surface area contributed by atoms with Gasteiger partial charge in [0.2, 0.25) is 0 Å². The Morgan fingerprint density at radius 3 is 3.00 bits per heavy atom. The zero-order valence-corrected chi connectivity index (χ0v) is 11.3. The lowest BCUT2D eigenvalue weighted by Gasteiger charge is -2.25. The summed E-state index contributed by atoms with van der Waals surface area (Å²) in [4.78, 5) is 4.68. The van der Waals surface area contributed by atoms with Crippen LogP contribution in [0.15, 0.2) is 24.3 Å². The van der Waals surface area contributed by atoms with Crippen LogP contribution in [0.3, 0.4) is 0 Å². The van der Waals surface area contributed by atoms with Crippen molar-refractivity contribution in [3.05, 3.63) is 35.5 Å². The molecule has 0 aliphatic carbocycles. The number of ether oxygens (including phenoxy) is 2. The number of methoxy groups -OCH3 is 1. The topological polar surface area (TPSA) is 43.4 Å². The highest BCUT2D eigenvalue weighted by Crippen LogP contribution is 2.25. The van der Waals surface area contributed by atoms with Gasteiger partial charge in [0.25, 0.3) is 0 Å². The molecule has 0 bridgehead atoms. The molecule has 1 aromatic carbocycles. The SMILES string of the molecule is COc1ccc2cc([C@H]3COCCN3)c(C)nc2c1. The summed E-state index contributed by atoms with van der Waals surface area (Å²) in [7, 11) is 1.67. The number of nitrogens with one attached hydrogen (secondary N) is 1. The third kappa shape index (κ3) is 2.41. The lowest BCUT2D eigenvalue weighted by molar-refractivity contribution is 0.0766. The van der Waals surface area contributed by atoms with E-state index in [-0.39, 0.29) is 6.04 Å². The van der Waals surface area contributed by atoms with E-state index in [4.69, 9.17) is 9.47 Å². The Balaban J connectivity index is 2.03. The highest BCUT2D eigenvalue weighted by molar-refractivity contribution is 5.81. The number of rotatable bonds is 2. The molecule has 4 heteroatoms. The molecule has 0 radical (unpaired) electrons. The van der Waals surface area contributed by atoms with E-state index >= 15 is 0 Å². The normalized spacial score (nSPS) is 19.6. The van der Waals surface area contributed by atoms with Gasteiger partial charge in [0, 0.05) is 23.7 Å². The first-order valence-corrected chi connectivity index (χ1v) is 6.54. The maximum absolute atomic E-state index is 5.53. The van der Waals surface area contributed by atoms with Gasteiger partial charge in [-0.05, 0) is 30.7 Å². The highest BCUT2D eigenvalue weighted by atomic mass is 16.5. The number of hydrogen-bond donors (Lipinski definition) is 1. The predicted octanol–water partition coefficient (Wildman–Crippen LogP) is 2.21. The van der Waals surface area contributed by atoms with E-state index in [1.165, 1.54) is 5.56 Å². The standard InChI is InChI=1S/C15H18N2O2/c1-10-13(15-9-19-6-5-16-15)7-11-3-4-12(18-2)8-14(11)17-10/h3-4,7-8,15-16H,5-6,9H2,1-2H3/t15-/m1/s1. The van der Waals surface area contributed by atoms with Gasteiger partial charge >= 0.3 is 0 Å². The van der Waals surface area contributed by atoms with Crippen LogP contribution in [-0.4, -0.2) is 31.9 Å². The Morgan fingerprint density at radius 1 is 1.37 bits per heavy atom. The van der Waals surface area contributed by atoms with Crippen molar-refractivity contribution in [2.45, 2.75) is 13.0 Å². The van der Waals surface area contributed by atoms with Crippen LogP contribution >= 0.6 is 0 Å². The quantitative estimate of drug-likeness (QED) is 0.897. The second-order valence-corrected chi connectivity index (χ2v) is 4.80. The summed E-state index contributed by atoms with van der Waals surface area (Å²) in [5, 5.41) is 4.61. The largest absolute Gasteiger partial charge is 0.497 e. The third-order valence-electron chi connectivity index (χ3n) is 3.55. The fourth-order valence-electron chi connectivity index (χ4n) is 2.50. The molecule has 3 rings (SSSR count). The van der Waals surface area contributed by atoms with Crippen molar-refractivity contribution >= 4 is 10.9 Å². The smallest absolute Gasteiger partial charge is 0.121 e. The van der Waals surface area contributed by atoms with Crippen molar-refractivity contribution in [2.24, 2.45) is 0 Å². The molecule has 1 aromatic heterocycles. The lowest BCUT2D eigenvalue weighted by atomic mass is 10.0. The molecule has 2 heterocycles. The van der Waals surface area contributed by atoms with Gasteiger partial charge in [-0.25, -0.2) is 0 Å². The van der Waals surface area contributed by atoms with E-state index in [1.807, 2.05) is 25.1 Å². The molecule has 1 N–H and O–H groups in total. The number of hydrogen-bond acceptors (Lipinski definition) is 4. The Hall–Kier alpha value is -1.65. The van der Waals surface area contributed by atoms with E-state index in [0.29, 0.717) is 6.61 Å². The second-order valence-electron chi connectivity index (χ2n) is 4.80. The van der Waals surface area contributed by atoms with Crippen LogP contribution in [0, 0.1) is 6.92 Å². The Kier molecular flexibility index (Phi) is 3.36. The van der Waals surface area contributed by atoms with E-state index in [1.54, 1.807) is 7.11 Å². The van der Waals surface area contributed by atoms with Crippen molar-refractivity contribution < 1.29 is 9.47 Å². The fourth-order valence-corrected chi connectivity index (χ4v) is 2.50. The van der Waals surface area contributed by atoms with Crippen LogP contribution in [0.2, 0.25) is 0 Å². The number of morpholine rings is 1. The summed E-state index contributed by atoms with van der Waals surface area (Å²) in [5.41, 5.74) is 3.23. The number of aromatic nitrogens is 1. The Bertz CT molecular complexity index is 592. The summed E-state index contributed by atoms with van der Waals surface area (Å²) in [6.07, 6.45) is 0. The first kappa shape index (κ1) is 12.4. The minimum Gasteiger partial charge on any atom is -0.497 e. The zero-order chi connectivity index (χ0) is 13.2. The molecule has 1 aliphatic rings. The molecular formula is C15H18N2O2. The maximum atomic E-state index is 5.53. The van der Waals surface area contributed by atoms with E-state index < -0.39 is 0 Å². The van der Waals surface area contributed by atoms with Crippen LogP contribution in [0.4, 0.5) is 0 Å². The van der Waals surface area contributed by atoms with Crippen LogP contribution < -0.4 is 10.1 Å². The van der Waals surface area contributed by atoms with Gasteiger partial charge in [-0.1, -0.05) is 0 Å². The number of fused-ring (bicyclic) bond motifs is 1. The van der Waals surface area contributed by atoms with Crippen LogP contribution in [-0.2, 0) is 4.74 Å². The minimum atomic E-state index is 0.243. The predicted molar refractivity (Wildman–Crippen MR) is 74.6 cm³/mol. The molecule has 0 spiro atoms. The van der Waals surface area contributed by atoms with Gasteiger partial charge in [-0.3, -0.25) is 4.98 Å². The Morgan fingerprint density at radius 2 is 2.26 bits per heavy atom. The number of pyridine rings is 1. The summed E-state index contributed by atoms with van der Waals surface area (Å²) >= 11 is 0. The van der Waals surface area contributed by atoms with Gasteiger partial charge < -0.3 is 14.8 Å². The second kappa shape index (κ2) is 5.15. The van der Waals surface area contributed by atoms with E-state index in [0.717, 1.165) is 35.5 Å². The summed E-state index contributed by atoms with van der Waals surface area (Å²) in [5.74, 6) is 0.839. The third-order valence-corrected chi connectivity index (χ3v) is 3.55. The first-order valence-electron chi connectivity index (χ1n) is 6.54. The van der Waals surface area contributed by atoms with Crippen molar-refractivity contribution in [1.29, 1.82) is 0 Å². The molecule has 2 aromatic rings. The zero-order valence-electron chi connectivity index (χ0n) is 11.3. The first-order chi connectivity index (χ1) is 9.28.